The maximum absolute atomic E-state index is 12.8. The van der Waals surface area contributed by atoms with Gasteiger partial charge in [0, 0.05) is 19.1 Å². The number of ether oxygens (including phenoxy) is 2. The van der Waals surface area contributed by atoms with Crippen LogP contribution in [-0.4, -0.2) is 52.6 Å². The lowest BCUT2D eigenvalue weighted by molar-refractivity contribution is -0.131. The van der Waals surface area contributed by atoms with Crippen molar-refractivity contribution in [2.45, 2.75) is 44.0 Å². The summed E-state index contributed by atoms with van der Waals surface area (Å²) in [6, 6.07) is 10.7. The predicted molar refractivity (Wildman–Crippen MR) is 119 cm³/mol. The van der Waals surface area contributed by atoms with Crippen molar-refractivity contribution in [2.24, 2.45) is 0 Å². The molecule has 3 rings (SSSR count). The van der Waals surface area contributed by atoms with Gasteiger partial charge in [-0.05, 0) is 61.6 Å². The molecule has 1 N–H and O–H groups in total. The number of aryl methyl sites for hydroxylation is 2. The fourth-order valence-electron chi connectivity index (χ4n) is 3.80. The summed E-state index contributed by atoms with van der Waals surface area (Å²) in [4.78, 5) is 14.8. The number of carbonyl (C=O) groups is 1. The van der Waals surface area contributed by atoms with Gasteiger partial charge in [-0.1, -0.05) is 18.2 Å². The molecule has 31 heavy (non-hydrogen) atoms. The summed E-state index contributed by atoms with van der Waals surface area (Å²) < 4.78 is 39.0. The molecule has 1 amide bonds. The van der Waals surface area contributed by atoms with Crippen molar-refractivity contribution in [1.82, 2.24) is 9.62 Å². The molecule has 0 aromatic heterocycles. The second kappa shape index (κ2) is 9.70. The first-order valence-corrected chi connectivity index (χ1v) is 11.8. The summed E-state index contributed by atoms with van der Waals surface area (Å²) in [7, 11) is -0.459. The normalized spacial score (nSPS) is 15.0. The van der Waals surface area contributed by atoms with E-state index in [4.69, 9.17) is 9.47 Å². The van der Waals surface area contributed by atoms with Crippen molar-refractivity contribution >= 4 is 15.9 Å². The molecule has 1 heterocycles. The number of hydrogen-bond donors (Lipinski definition) is 1. The molecule has 0 atom stereocenters. The molecule has 0 spiro atoms. The molecule has 0 aliphatic carbocycles. The van der Waals surface area contributed by atoms with E-state index in [0.29, 0.717) is 42.3 Å². The lowest BCUT2D eigenvalue weighted by Crippen LogP contribution is -2.47. The third-order valence-corrected chi connectivity index (χ3v) is 7.27. The van der Waals surface area contributed by atoms with Crippen molar-refractivity contribution in [3.63, 3.8) is 0 Å². The standard InChI is InChI=1S/C23H30N2O5S/c1-16-5-6-17(2)22(13-16)31(27,28)24-19-9-11-25(12-10-19)23(26)15-18-7-8-20(29-3)21(14-18)30-4/h5-8,13-14,19,24H,9-12,15H2,1-4H3. The zero-order chi connectivity index (χ0) is 22.6. The Morgan fingerprint density at radius 3 is 2.35 bits per heavy atom. The molecule has 2 aromatic carbocycles. The zero-order valence-electron chi connectivity index (χ0n) is 18.5. The Kier molecular flexibility index (Phi) is 7.23. The van der Waals surface area contributed by atoms with E-state index in [0.717, 1.165) is 16.7 Å². The van der Waals surface area contributed by atoms with Gasteiger partial charge in [-0.15, -0.1) is 0 Å². The Morgan fingerprint density at radius 2 is 1.71 bits per heavy atom. The highest BCUT2D eigenvalue weighted by molar-refractivity contribution is 7.89. The van der Waals surface area contributed by atoms with Gasteiger partial charge in [-0.3, -0.25) is 4.79 Å². The summed E-state index contributed by atoms with van der Waals surface area (Å²) in [5.41, 5.74) is 2.47. The van der Waals surface area contributed by atoms with Crippen LogP contribution >= 0.6 is 0 Å². The summed E-state index contributed by atoms with van der Waals surface area (Å²) in [6.45, 7) is 4.71. The van der Waals surface area contributed by atoms with E-state index in [2.05, 4.69) is 4.72 Å². The number of nitrogens with one attached hydrogen (secondary N) is 1. The summed E-state index contributed by atoms with van der Waals surface area (Å²) >= 11 is 0. The lowest BCUT2D eigenvalue weighted by Gasteiger charge is -2.32. The molecule has 1 fully saturated rings. The molecule has 0 radical (unpaired) electrons. The Labute approximate surface area is 184 Å². The van der Waals surface area contributed by atoms with Gasteiger partial charge in [-0.25, -0.2) is 13.1 Å². The van der Waals surface area contributed by atoms with Crippen LogP contribution in [0.4, 0.5) is 0 Å². The number of amides is 1. The third kappa shape index (κ3) is 5.57. The van der Waals surface area contributed by atoms with Crippen LogP contribution in [0.1, 0.15) is 29.5 Å². The largest absolute Gasteiger partial charge is 0.493 e. The van der Waals surface area contributed by atoms with E-state index >= 15 is 0 Å². The van der Waals surface area contributed by atoms with Crippen LogP contribution in [0.25, 0.3) is 0 Å². The van der Waals surface area contributed by atoms with Crippen LogP contribution in [0.3, 0.4) is 0 Å². The maximum Gasteiger partial charge on any atom is 0.241 e. The van der Waals surface area contributed by atoms with Gasteiger partial charge in [0.25, 0.3) is 0 Å². The average molecular weight is 447 g/mol. The number of sulfonamides is 1. The topological polar surface area (TPSA) is 84.9 Å². The van der Waals surface area contributed by atoms with E-state index in [1.165, 1.54) is 0 Å². The van der Waals surface area contributed by atoms with Gasteiger partial charge < -0.3 is 14.4 Å². The molecule has 2 aromatic rings. The van der Waals surface area contributed by atoms with Crippen LogP contribution in [0.15, 0.2) is 41.3 Å². The van der Waals surface area contributed by atoms with Crippen molar-refractivity contribution in [3.05, 3.63) is 53.1 Å². The van der Waals surface area contributed by atoms with E-state index in [1.54, 1.807) is 38.2 Å². The molecule has 0 saturated carbocycles. The Hall–Kier alpha value is -2.58. The Bertz CT molecular complexity index is 1040. The molecule has 7 nitrogen and oxygen atoms in total. The minimum atomic E-state index is -3.59. The predicted octanol–water partition coefficient (Wildman–Crippen LogP) is 2.83. The molecule has 1 aliphatic rings. The zero-order valence-corrected chi connectivity index (χ0v) is 19.3. The minimum Gasteiger partial charge on any atom is -0.493 e. The number of likely N-dealkylation sites (tertiary alicyclic amines) is 1. The number of benzene rings is 2. The van der Waals surface area contributed by atoms with Crippen molar-refractivity contribution in [3.8, 4) is 11.5 Å². The maximum atomic E-state index is 12.8. The van der Waals surface area contributed by atoms with E-state index in [9.17, 15) is 13.2 Å². The highest BCUT2D eigenvalue weighted by atomic mass is 32.2. The van der Waals surface area contributed by atoms with E-state index in [1.807, 2.05) is 31.2 Å². The number of hydrogen-bond acceptors (Lipinski definition) is 5. The van der Waals surface area contributed by atoms with Crippen LogP contribution < -0.4 is 14.2 Å². The highest BCUT2D eigenvalue weighted by Gasteiger charge is 2.27. The van der Waals surface area contributed by atoms with Gasteiger partial charge in [0.15, 0.2) is 11.5 Å². The number of nitrogens with zero attached hydrogens (tertiary/aromatic N) is 1. The Balaban J connectivity index is 1.58. The quantitative estimate of drug-likeness (QED) is 0.707. The van der Waals surface area contributed by atoms with Crippen molar-refractivity contribution in [2.75, 3.05) is 27.3 Å². The number of piperidine rings is 1. The molecule has 0 unspecified atom stereocenters. The molecule has 168 valence electrons. The fraction of sp³-hybridized carbons (Fsp3) is 0.435. The van der Waals surface area contributed by atoms with Gasteiger partial charge >= 0.3 is 0 Å². The van der Waals surface area contributed by atoms with Crippen LogP contribution in [0, 0.1) is 13.8 Å². The lowest BCUT2D eigenvalue weighted by atomic mass is 10.0. The first-order valence-electron chi connectivity index (χ1n) is 10.3. The van der Waals surface area contributed by atoms with E-state index < -0.39 is 10.0 Å². The first-order chi connectivity index (χ1) is 14.7. The van der Waals surface area contributed by atoms with Crippen LogP contribution in [-0.2, 0) is 21.2 Å². The monoisotopic (exact) mass is 446 g/mol. The SMILES string of the molecule is COc1ccc(CC(=O)N2CCC(NS(=O)(=O)c3cc(C)ccc3C)CC2)cc1OC. The third-order valence-electron chi connectivity index (χ3n) is 5.61. The van der Waals surface area contributed by atoms with E-state index in [-0.39, 0.29) is 18.4 Å². The summed E-state index contributed by atoms with van der Waals surface area (Å²) in [5, 5.41) is 0. The summed E-state index contributed by atoms with van der Waals surface area (Å²) in [5.74, 6) is 1.23. The smallest absolute Gasteiger partial charge is 0.241 e. The summed E-state index contributed by atoms with van der Waals surface area (Å²) in [6.07, 6.45) is 1.43. The second-order valence-corrected chi connectivity index (χ2v) is 9.59. The first kappa shape index (κ1) is 23.1. The molecule has 0 bridgehead atoms. The van der Waals surface area contributed by atoms with Gasteiger partial charge in [0.1, 0.15) is 0 Å². The molecular weight excluding hydrogens is 416 g/mol. The fourth-order valence-corrected chi connectivity index (χ4v) is 5.44. The molecule has 8 heteroatoms. The number of carbonyl (C=O) groups excluding carboxylic acids is 1. The van der Waals surface area contributed by atoms with Gasteiger partial charge in [0.05, 0.1) is 25.5 Å². The van der Waals surface area contributed by atoms with Crippen molar-refractivity contribution < 1.29 is 22.7 Å². The van der Waals surface area contributed by atoms with Gasteiger partial charge in [0.2, 0.25) is 15.9 Å². The van der Waals surface area contributed by atoms with Crippen LogP contribution in [0.2, 0.25) is 0 Å². The van der Waals surface area contributed by atoms with Crippen molar-refractivity contribution in [1.29, 1.82) is 0 Å². The average Bonchev–Trinajstić information content (AvgIpc) is 2.75. The molecular formula is C23H30N2O5S. The minimum absolute atomic E-state index is 0.0167. The highest BCUT2D eigenvalue weighted by Crippen LogP contribution is 2.28. The molecule has 1 saturated heterocycles. The number of methoxy groups -OCH3 is 2. The second-order valence-electron chi connectivity index (χ2n) is 7.91. The van der Waals surface area contributed by atoms with Gasteiger partial charge in [-0.2, -0.15) is 0 Å². The molecule has 1 aliphatic heterocycles. The van der Waals surface area contributed by atoms with Crippen LogP contribution in [0.5, 0.6) is 11.5 Å². The number of rotatable bonds is 7. The Morgan fingerprint density at radius 1 is 1.03 bits per heavy atom.